The second-order valence-electron chi connectivity index (χ2n) is 5.12. The van der Waals surface area contributed by atoms with E-state index in [4.69, 9.17) is 10.5 Å². The van der Waals surface area contributed by atoms with E-state index in [1.807, 2.05) is 12.1 Å². The van der Waals surface area contributed by atoms with E-state index in [1.165, 1.54) is 0 Å². The summed E-state index contributed by atoms with van der Waals surface area (Å²) < 4.78 is 5.65. The smallest absolute Gasteiger partial charge is 0.238 e. The van der Waals surface area contributed by atoms with Crippen molar-refractivity contribution in [3.63, 3.8) is 0 Å². The van der Waals surface area contributed by atoms with Crippen molar-refractivity contribution in [2.45, 2.75) is 32.7 Å². The quantitative estimate of drug-likeness (QED) is 0.710. The zero-order valence-corrected chi connectivity index (χ0v) is 13.9. The molecule has 0 saturated heterocycles. The molecule has 0 aromatic carbocycles. The molecule has 0 unspecified atom stereocenters. The number of aromatic nitrogens is 1. The summed E-state index contributed by atoms with van der Waals surface area (Å²) in [6.07, 6.45) is 0. The summed E-state index contributed by atoms with van der Waals surface area (Å²) in [5.41, 5.74) is 6.50. The Morgan fingerprint density at radius 1 is 1.30 bits per heavy atom. The molecule has 1 aromatic rings. The van der Waals surface area contributed by atoms with Crippen LogP contribution in [0.25, 0.3) is 0 Å². The molecule has 0 fully saturated rings. The first-order valence-electron chi connectivity index (χ1n) is 7.31. The molecule has 0 atom stereocenters. The van der Waals surface area contributed by atoms with Crippen LogP contribution in [-0.4, -0.2) is 41.9 Å². The van der Waals surface area contributed by atoms with Crippen molar-refractivity contribution in [2.24, 2.45) is 5.92 Å². The van der Waals surface area contributed by atoms with Gasteiger partial charge in [0.1, 0.15) is 5.03 Å². The zero-order chi connectivity index (χ0) is 15.0. The Bertz CT molecular complexity index is 395. The highest BCUT2D eigenvalue weighted by Crippen LogP contribution is 2.24. The molecule has 114 valence electrons. The normalized spacial score (nSPS) is 11.3. The minimum Gasteiger partial charge on any atom is -0.476 e. The topological polar surface area (TPSA) is 51.4 Å². The van der Waals surface area contributed by atoms with Gasteiger partial charge in [-0.25, -0.2) is 4.98 Å². The monoisotopic (exact) mass is 297 g/mol. The number of nitrogens with two attached hydrogens (primary N) is 1. The number of nitrogen functional groups attached to an aromatic ring is 1. The number of pyridine rings is 1. The standard InChI is InChI=1S/C15H27N3OS/c1-5-18(6-2)9-10-20-14-8-7-13(16)15(17-14)19-11-12(3)4/h7-8,12H,5-6,9-11,16H2,1-4H3. The predicted molar refractivity (Wildman–Crippen MR) is 87.5 cm³/mol. The van der Waals surface area contributed by atoms with Crippen LogP contribution in [0.4, 0.5) is 5.69 Å². The van der Waals surface area contributed by atoms with Gasteiger partial charge in [-0.2, -0.15) is 0 Å². The summed E-state index contributed by atoms with van der Waals surface area (Å²) in [5, 5.41) is 0.977. The Labute approximate surface area is 127 Å². The molecular weight excluding hydrogens is 270 g/mol. The fourth-order valence-corrected chi connectivity index (χ4v) is 2.57. The van der Waals surface area contributed by atoms with Gasteiger partial charge in [-0.05, 0) is 31.1 Å². The molecule has 0 spiro atoms. The summed E-state index contributed by atoms with van der Waals surface area (Å²) in [6, 6.07) is 3.84. The van der Waals surface area contributed by atoms with Crippen LogP contribution in [0.2, 0.25) is 0 Å². The van der Waals surface area contributed by atoms with Crippen LogP contribution in [0, 0.1) is 5.92 Å². The molecule has 5 heteroatoms. The van der Waals surface area contributed by atoms with E-state index in [-0.39, 0.29) is 0 Å². The lowest BCUT2D eigenvalue weighted by atomic mass is 10.2. The number of hydrogen-bond acceptors (Lipinski definition) is 5. The molecule has 0 amide bonds. The maximum atomic E-state index is 5.89. The van der Waals surface area contributed by atoms with Gasteiger partial charge in [0.05, 0.1) is 12.3 Å². The van der Waals surface area contributed by atoms with Gasteiger partial charge in [-0.1, -0.05) is 27.7 Å². The number of thioether (sulfide) groups is 1. The van der Waals surface area contributed by atoms with Gasteiger partial charge in [-0.15, -0.1) is 11.8 Å². The minimum atomic E-state index is 0.468. The second-order valence-corrected chi connectivity index (χ2v) is 6.24. The summed E-state index contributed by atoms with van der Waals surface area (Å²) in [5.74, 6) is 2.06. The molecule has 0 aliphatic heterocycles. The van der Waals surface area contributed by atoms with E-state index in [1.54, 1.807) is 11.8 Å². The van der Waals surface area contributed by atoms with Crippen molar-refractivity contribution in [1.29, 1.82) is 0 Å². The zero-order valence-electron chi connectivity index (χ0n) is 13.1. The number of anilines is 1. The van der Waals surface area contributed by atoms with Crippen molar-refractivity contribution < 1.29 is 4.74 Å². The molecule has 2 N–H and O–H groups in total. The third kappa shape index (κ3) is 6.01. The average molecular weight is 297 g/mol. The van der Waals surface area contributed by atoms with Gasteiger partial charge < -0.3 is 15.4 Å². The first kappa shape index (κ1) is 17.1. The van der Waals surface area contributed by atoms with E-state index >= 15 is 0 Å². The molecule has 0 bridgehead atoms. The molecule has 0 aliphatic rings. The lowest BCUT2D eigenvalue weighted by molar-refractivity contribution is 0.261. The van der Waals surface area contributed by atoms with Gasteiger partial charge in [0.15, 0.2) is 0 Å². The van der Waals surface area contributed by atoms with Crippen LogP contribution in [0.1, 0.15) is 27.7 Å². The maximum Gasteiger partial charge on any atom is 0.238 e. The second kappa shape index (κ2) is 9.08. The van der Waals surface area contributed by atoms with Gasteiger partial charge in [0.2, 0.25) is 5.88 Å². The fraction of sp³-hybridized carbons (Fsp3) is 0.667. The van der Waals surface area contributed by atoms with Gasteiger partial charge in [0, 0.05) is 12.3 Å². The van der Waals surface area contributed by atoms with Crippen molar-refractivity contribution >= 4 is 17.4 Å². The number of hydrogen-bond donors (Lipinski definition) is 1. The van der Waals surface area contributed by atoms with Crippen LogP contribution < -0.4 is 10.5 Å². The molecule has 0 radical (unpaired) electrons. The SMILES string of the molecule is CCN(CC)CCSc1ccc(N)c(OCC(C)C)n1. The Morgan fingerprint density at radius 2 is 2.00 bits per heavy atom. The molecule has 0 saturated carbocycles. The highest BCUT2D eigenvalue weighted by atomic mass is 32.2. The van der Waals surface area contributed by atoms with Gasteiger partial charge >= 0.3 is 0 Å². The summed E-state index contributed by atoms with van der Waals surface area (Å²) in [7, 11) is 0. The highest BCUT2D eigenvalue weighted by molar-refractivity contribution is 7.99. The van der Waals surface area contributed by atoms with E-state index < -0.39 is 0 Å². The largest absolute Gasteiger partial charge is 0.476 e. The van der Waals surface area contributed by atoms with E-state index in [9.17, 15) is 0 Å². The molecule has 1 rings (SSSR count). The summed E-state index contributed by atoms with van der Waals surface area (Å²) >= 11 is 1.75. The van der Waals surface area contributed by atoms with Crippen molar-refractivity contribution in [3.05, 3.63) is 12.1 Å². The van der Waals surface area contributed by atoms with Crippen molar-refractivity contribution in [2.75, 3.05) is 37.7 Å². The predicted octanol–water partition coefficient (Wildman–Crippen LogP) is 3.13. The molecule has 0 aliphatic carbocycles. The van der Waals surface area contributed by atoms with Crippen LogP contribution in [-0.2, 0) is 0 Å². The van der Waals surface area contributed by atoms with Gasteiger partial charge in [0.25, 0.3) is 0 Å². The van der Waals surface area contributed by atoms with Gasteiger partial charge in [-0.3, -0.25) is 0 Å². The van der Waals surface area contributed by atoms with Crippen LogP contribution in [0.5, 0.6) is 5.88 Å². The third-order valence-corrected chi connectivity index (χ3v) is 3.88. The number of nitrogens with zero attached hydrogens (tertiary/aromatic N) is 2. The average Bonchev–Trinajstić information content (AvgIpc) is 2.43. The Kier molecular flexibility index (Phi) is 7.77. The molecular formula is C15H27N3OS. The first-order chi connectivity index (χ1) is 9.56. The fourth-order valence-electron chi connectivity index (χ4n) is 1.69. The van der Waals surface area contributed by atoms with E-state index in [0.717, 1.165) is 30.4 Å². The first-order valence-corrected chi connectivity index (χ1v) is 8.29. The molecule has 4 nitrogen and oxygen atoms in total. The summed E-state index contributed by atoms with van der Waals surface area (Å²) in [6.45, 7) is 12.5. The third-order valence-electron chi connectivity index (χ3n) is 2.97. The minimum absolute atomic E-state index is 0.468. The lowest BCUT2D eigenvalue weighted by Crippen LogP contribution is -2.25. The van der Waals surface area contributed by atoms with Crippen LogP contribution in [0.3, 0.4) is 0 Å². The maximum absolute atomic E-state index is 5.89. The number of ether oxygens (including phenoxy) is 1. The van der Waals surface area contributed by atoms with E-state index in [0.29, 0.717) is 24.1 Å². The van der Waals surface area contributed by atoms with Crippen LogP contribution in [0.15, 0.2) is 17.2 Å². The Balaban J connectivity index is 2.52. The molecule has 1 heterocycles. The van der Waals surface area contributed by atoms with Crippen molar-refractivity contribution in [1.82, 2.24) is 9.88 Å². The number of rotatable bonds is 9. The lowest BCUT2D eigenvalue weighted by Gasteiger charge is -2.17. The van der Waals surface area contributed by atoms with Crippen molar-refractivity contribution in [3.8, 4) is 5.88 Å². The highest BCUT2D eigenvalue weighted by Gasteiger charge is 2.07. The summed E-state index contributed by atoms with van der Waals surface area (Å²) in [4.78, 5) is 6.89. The van der Waals surface area contributed by atoms with Crippen LogP contribution >= 0.6 is 11.8 Å². The Morgan fingerprint density at radius 3 is 2.60 bits per heavy atom. The molecule has 1 aromatic heterocycles. The van der Waals surface area contributed by atoms with E-state index in [2.05, 4.69) is 37.6 Å². The molecule has 20 heavy (non-hydrogen) atoms. The Hall–Kier alpha value is -0.940.